The van der Waals surface area contributed by atoms with E-state index in [-0.39, 0.29) is 5.75 Å². The van der Waals surface area contributed by atoms with E-state index < -0.39 is 9.84 Å². The maximum Gasteiger partial charge on any atom is 0.150 e. The van der Waals surface area contributed by atoms with Gasteiger partial charge in [-0.05, 0) is 32.4 Å². The van der Waals surface area contributed by atoms with Crippen LogP contribution >= 0.6 is 0 Å². The van der Waals surface area contributed by atoms with Crippen molar-refractivity contribution >= 4 is 9.84 Å². The van der Waals surface area contributed by atoms with Crippen LogP contribution in [0.15, 0.2) is 12.2 Å². The second-order valence-electron chi connectivity index (χ2n) is 3.49. The third kappa shape index (κ3) is 9.94. The fourth-order valence-corrected chi connectivity index (χ4v) is 2.06. The monoisotopic (exact) mass is 233 g/mol. The van der Waals surface area contributed by atoms with Crippen molar-refractivity contribution in [1.82, 2.24) is 5.32 Å². The number of nitrogens with one attached hydrogen (secondary N) is 1. The molecular weight excluding hydrogens is 210 g/mol. The van der Waals surface area contributed by atoms with Crippen LogP contribution < -0.4 is 5.32 Å². The van der Waals surface area contributed by atoms with Crippen LogP contribution in [0.1, 0.15) is 33.1 Å². The lowest BCUT2D eigenvalue weighted by Crippen LogP contribution is -2.12. The van der Waals surface area contributed by atoms with Crippen LogP contribution in [0, 0.1) is 0 Å². The fourth-order valence-electron chi connectivity index (χ4n) is 1.16. The Hall–Kier alpha value is -0.350. The third-order valence-electron chi connectivity index (χ3n) is 2.17. The second kappa shape index (κ2) is 8.92. The van der Waals surface area contributed by atoms with Crippen molar-refractivity contribution in [2.45, 2.75) is 33.1 Å². The van der Waals surface area contributed by atoms with E-state index in [0.29, 0.717) is 5.75 Å². The topological polar surface area (TPSA) is 46.2 Å². The van der Waals surface area contributed by atoms with Crippen molar-refractivity contribution in [3.63, 3.8) is 0 Å². The smallest absolute Gasteiger partial charge is 0.150 e. The predicted octanol–water partition coefficient (Wildman–Crippen LogP) is 1.76. The summed E-state index contributed by atoms with van der Waals surface area (Å²) in [4.78, 5) is 0. The Morgan fingerprint density at radius 2 is 1.80 bits per heavy atom. The molecule has 0 saturated carbocycles. The maximum absolute atomic E-state index is 11.1. The maximum atomic E-state index is 11.1. The molecule has 0 aliphatic heterocycles. The van der Waals surface area contributed by atoms with E-state index in [1.54, 1.807) is 6.92 Å². The quantitative estimate of drug-likeness (QED) is 0.487. The normalized spacial score (nSPS) is 12.4. The molecule has 0 atom stereocenters. The molecule has 0 rings (SSSR count). The first-order chi connectivity index (χ1) is 7.12. The molecule has 15 heavy (non-hydrogen) atoms. The first-order valence-corrected chi connectivity index (χ1v) is 7.50. The van der Waals surface area contributed by atoms with Gasteiger partial charge in [0.25, 0.3) is 0 Å². The number of rotatable bonds is 9. The van der Waals surface area contributed by atoms with Crippen LogP contribution in [0.3, 0.4) is 0 Å². The lowest BCUT2D eigenvalue weighted by molar-refractivity contribution is 0.594. The molecule has 0 unspecified atom stereocenters. The summed E-state index contributed by atoms with van der Waals surface area (Å²) in [7, 11) is -2.77. The van der Waals surface area contributed by atoms with E-state index in [1.165, 1.54) is 0 Å². The molecule has 0 radical (unpaired) electrons. The second-order valence-corrected chi connectivity index (χ2v) is 5.96. The van der Waals surface area contributed by atoms with Gasteiger partial charge in [0.1, 0.15) is 9.84 Å². The van der Waals surface area contributed by atoms with Gasteiger partial charge in [0, 0.05) is 5.75 Å². The molecule has 0 aliphatic carbocycles. The highest BCUT2D eigenvalue weighted by Crippen LogP contribution is 1.98. The Balaban J connectivity index is 3.38. The van der Waals surface area contributed by atoms with Gasteiger partial charge in [0.2, 0.25) is 0 Å². The summed E-state index contributed by atoms with van der Waals surface area (Å²) < 4.78 is 22.3. The average molecular weight is 233 g/mol. The minimum Gasteiger partial charge on any atom is -0.317 e. The molecule has 3 nitrogen and oxygen atoms in total. The van der Waals surface area contributed by atoms with Gasteiger partial charge in [0.05, 0.1) is 5.75 Å². The number of unbranched alkanes of at least 4 members (excludes halogenated alkanes) is 1. The molecule has 4 heteroatoms. The summed E-state index contributed by atoms with van der Waals surface area (Å²) in [5, 5.41) is 3.23. The molecule has 0 amide bonds. The zero-order valence-electron chi connectivity index (χ0n) is 9.83. The molecule has 0 aromatic rings. The predicted molar refractivity (Wildman–Crippen MR) is 65.9 cm³/mol. The van der Waals surface area contributed by atoms with Crippen molar-refractivity contribution in [3.05, 3.63) is 12.2 Å². The van der Waals surface area contributed by atoms with E-state index in [1.807, 2.05) is 0 Å². The van der Waals surface area contributed by atoms with Crippen molar-refractivity contribution in [2.75, 3.05) is 24.6 Å². The molecule has 90 valence electrons. The summed E-state index contributed by atoms with van der Waals surface area (Å²) in [5.74, 6) is 0.582. The first kappa shape index (κ1) is 14.6. The van der Waals surface area contributed by atoms with Crippen molar-refractivity contribution in [2.24, 2.45) is 0 Å². The fraction of sp³-hybridized carbons (Fsp3) is 0.818. The van der Waals surface area contributed by atoms with Gasteiger partial charge in [-0.2, -0.15) is 0 Å². The number of allylic oxidation sites excluding steroid dienone is 1. The minimum atomic E-state index is -2.77. The van der Waals surface area contributed by atoms with Gasteiger partial charge in [-0.1, -0.05) is 26.0 Å². The van der Waals surface area contributed by atoms with E-state index in [9.17, 15) is 8.42 Å². The van der Waals surface area contributed by atoms with Crippen LogP contribution in [-0.4, -0.2) is 33.0 Å². The van der Waals surface area contributed by atoms with Gasteiger partial charge >= 0.3 is 0 Å². The van der Waals surface area contributed by atoms with Gasteiger partial charge in [-0.25, -0.2) is 8.42 Å². The largest absolute Gasteiger partial charge is 0.317 e. The molecular formula is C11H23NO2S. The Kier molecular flexibility index (Phi) is 8.71. The standard InChI is InChI=1S/C11H23NO2S/c1-3-12-10-8-6-5-7-9-11-15(13,14)4-2/h5-6,12H,3-4,7-11H2,1-2H3. The highest BCUT2D eigenvalue weighted by atomic mass is 32.2. The van der Waals surface area contributed by atoms with Crippen molar-refractivity contribution in [3.8, 4) is 0 Å². The van der Waals surface area contributed by atoms with Crippen LogP contribution in [0.25, 0.3) is 0 Å². The van der Waals surface area contributed by atoms with E-state index in [4.69, 9.17) is 0 Å². The molecule has 0 heterocycles. The SMILES string of the molecule is CCNCCC=CCCCS(=O)(=O)CC. The molecule has 0 aromatic heterocycles. The van der Waals surface area contributed by atoms with Crippen molar-refractivity contribution < 1.29 is 8.42 Å². The average Bonchev–Trinajstić information content (AvgIpc) is 2.22. The minimum absolute atomic E-state index is 0.261. The Labute approximate surface area is 93.9 Å². The van der Waals surface area contributed by atoms with Gasteiger partial charge in [0.15, 0.2) is 0 Å². The number of hydrogen-bond acceptors (Lipinski definition) is 3. The zero-order valence-corrected chi connectivity index (χ0v) is 10.6. The summed E-state index contributed by atoms with van der Waals surface area (Å²) in [6.45, 7) is 5.78. The molecule has 0 fully saturated rings. The zero-order chi connectivity index (χ0) is 11.6. The van der Waals surface area contributed by atoms with Crippen molar-refractivity contribution in [1.29, 1.82) is 0 Å². The van der Waals surface area contributed by atoms with Crippen LogP contribution in [0.4, 0.5) is 0 Å². The third-order valence-corrected chi connectivity index (χ3v) is 3.96. The van der Waals surface area contributed by atoms with Gasteiger partial charge in [-0.3, -0.25) is 0 Å². The lowest BCUT2D eigenvalue weighted by atomic mass is 10.3. The molecule has 0 saturated heterocycles. The highest BCUT2D eigenvalue weighted by Gasteiger charge is 2.04. The molecule has 0 bridgehead atoms. The van der Waals surface area contributed by atoms with Gasteiger partial charge in [-0.15, -0.1) is 0 Å². The summed E-state index contributed by atoms with van der Waals surface area (Å²) in [6.07, 6.45) is 6.82. The van der Waals surface area contributed by atoms with Crippen LogP contribution in [-0.2, 0) is 9.84 Å². The summed E-state index contributed by atoms with van der Waals surface area (Å²) in [6, 6.07) is 0. The molecule has 0 aliphatic rings. The van der Waals surface area contributed by atoms with E-state index in [0.717, 1.165) is 32.4 Å². The number of sulfone groups is 1. The summed E-state index contributed by atoms with van der Waals surface area (Å²) >= 11 is 0. The van der Waals surface area contributed by atoms with E-state index in [2.05, 4.69) is 24.4 Å². The number of hydrogen-bond donors (Lipinski definition) is 1. The molecule has 0 aromatic carbocycles. The lowest BCUT2D eigenvalue weighted by Gasteiger charge is -1.98. The highest BCUT2D eigenvalue weighted by molar-refractivity contribution is 7.91. The van der Waals surface area contributed by atoms with Gasteiger partial charge < -0.3 is 5.32 Å². The Morgan fingerprint density at radius 3 is 2.40 bits per heavy atom. The molecule has 0 spiro atoms. The Bertz CT molecular complexity index is 258. The van der Waals surface area contributed by atoms with Crippen LogP contribution in [0.5, 0.6) is 0 Å². The van der Waals surface area contributed by atoms with Crippen LogP contribution in [0.2, 0.25) is 0 Å². The Morgan fingerprint density at radius 1 is 1.13 bits per heavy atom. The molecule has 1 N–H and O–H groups in total. The van der Waals surface area contributed by atoms with E-state index >= 15 is 0 Å². The summed E-state index contributed by atoms with van der Waals surface area (Å²) in [5.41, 5.74) is 0. The first-order valence-electron chi connectivity index (χ1n) is 5.68.